The van der Waals surface area contributed by atoms with Gasteiger partial charge in [-0.05, 0) is 55.0 Å². The van der Waals surface area contributed by atoms with Crippen molar-refractivity contribution in [2.24, 2.45) is 5.92 Å². The van der Waals surface area contributed by atoms with Crippen LogP contribution in [0.15, 0.2) is 30.3 Å². The van der Waals surface area contributed by atoms with Gasteiger partial charge in [-0.25, -0.2) is 9.18 Å². The number of carbonyl (C=O) groups excluding carboxylic acids is 1. The summed E-state index contributed by atoms with van der Waals surface area (Å²) in [5.74, 6) is -1.64. The van der Waals surface area contributed by atoms with Crippen LogP contribution in [-0.2, 0) is 4.79 Å². The number of carboxylic acid groups (broad SMARTS) is 1. The molecule has 1 aromatic heterocycles. The van der Waals surface area contributed by atoms with Gasteiger partial charge in [-0.1, -0.05) is 12.1 Å². The molecule has 23 heavy (non-hydrogen) atoms. The molecule has 1 atom stereocenters. The number of thiophene rings is 1. The van der Waals surface area contributed by atoms with Crippen LogP contribution in [0.1, 0.15) is 28.1 Å². The van der Waals surface area contributed by atoms with Crippen LogP contribution < -0.4 is 5.32 Å². The van der Waals surface area contributed by atoms with E-state index in [2.05, 4.69) is 5.32 Å². The van der Waals surface area contributed by atoms with Crippen LogP contribution in [-0.4, -0.2) is 23.0 Å². The second-order valence-electron chi connectivity index (χ2n) is 5.76. The highest BCUT2D eigenvalue weighted by atomic mass is 32.1. The molecule has 0 bridgehead atoms. The third-order valence-corrected chi connectivity index (χ3v) is 5.18. The van der Waals surface area contributed by atoms with Gasteiger partial charge in [0.25, 0.3) is 5.91 Å². The van der Waals surface area contributed by atoms with Gasteiger partial charge in [0, 0.05) is 4.88 Å². The summed E-state index contributed by atoms with van der Waals surface area (Å²) in [5.41, 5.74) is 1.75. The highest BCUT2D eigenvalue weighted by Gasteiger charge is 2.37. The number of carbonyl (C=O) groups is 2. The Morgan fingerprint density at radius 2 is 1.96 bits per heavy atom. The molecule has 1 aliphatic rings. The first kappa shape index (κ1) is 15.7. The van der Waals surface area contributed by atoms with Crippen LogP contribution in [0, 0.1) is 18.7 Å². The molecule has 0 aliphatic heterocycles. The Bertz CT molecular complexity index is 750. The topological polar surface area (TPSA) is 66.4 Å². The Hall–Kier alpha value is -2.21. The molecule has 0 saturated heterocycles. The first-order valence-electron chi connectivity index (χ1n) is 7.35. The van der Waals surface area contributed by atoms with Crippen LogP contribution in [0.25, 0.3) is 10.4 Å². The Balaban J connectivity index is 1.81. The zero-order valence-corrected chi connectivity index (χ0v) is 13.3. The Kier molecular flexibility index (Phi) is 4.17. The average Bonchev–Trinajstić information content (AvgIpc) is 3.27. The third-order valence-electron chi connectivity index (χ3n) is 3.89. The van der Waals surface area contributed by atoms with Crippen molar-refractivity contribution in [2.75, 3.05) is 0 Å². The maximum absolute atomic E-state index is 13.0. The minimum Gasteiger partial charge on any atom is -0.480 e. The highest BCUT2D eigenvalue weighted by molar-refractivity contribution is 7.17. The van der Waals surface area contributed by atoms with Crippen molar-refractivity contribution in [1.82, 2.24) is 5.32 Å². The number of benzene rings is 1. The maximum Gasteiger partial charge on any atom is 0.326 e. The number of nitrogens with one attached hydrogen (secondary N) is 1. The fourth-order valence-corrected chi connectivity index (χ4v) is 3.59. The lowest BCUT2D eigenvalue weighted by atomic mass is 10.1. The lowest BCUT2D eigenvalue weighted by molar-refractivity contribution is -0.139. The number of hydrogen-bond acceptors (Lipinski definition) is 3. The van der Waals surface area contributed by atoms with Crippen LogP contribution in [0.2, 0.25) is 0 Å². The minimum atomic E-state index is -0.993. The van der Waals surface area contributed by atoms with E-state index in [1.54, 1.807) is 18.2 Å². The molecule has 2 N–H and O–H groups in total. The van der Waals surface area contributed by atoms with Crippen molar-refractivity contribution < 1.29 is 19.1 Å². The summed E-state index contributed by atoms with van der Waals surface area (Å²) in [4.78, 5) is 24.9. The molecule has 0 spiro atoms. The molecule has 3 rings (SSSR count). The van der Waals surface area contributed by atoms with Gasteiger partial charge in [0.05, 0.1) is 4.88 Å². The summed E-state index contributed by atoms with van der Waals surface area (Å²) in [6, 6.07) is 7.01. The second-order valence-corrected chi connectivity index (χ2v) is 6.81. The van der Waals surface area contributed by atoms with Crippen molar-refractivity contribution >= 4 is 23.2 Å². The van der Waals surface area contributed by atoms with E-state index in [0.29, 0.717) is 4.88 Å². The lowest BCUT2D eigenvalue weighted by Crippen LogP contribution is -2.42. The zero-order chi connectivity index (χ0) is 16.6. The van der Waals surface area contributed by atoms with Gasteiger partial charge in [0.15, 0.2) is 0 Å². The summed E-state index contributed by atoms with van der Waals surface area (Å²) >= 11 is 1.28. The number of aryl methyl sites for hydroxylation is 1. The van der Waals surface area contributed by atoms with Crippen molar-refractivity contribution in [3.8, 4) is 10.4 Å². The molecule has 0 radical (unpaired) electrons. The first-order valence-corrected chi connectivity index (χ1v) is 8.17. The highest BCUT2D eigenvalue weighted by Crippen LogP contribution is 2.35. The van der Waals surface area contributed by atoms with Crippen LogP contribution in [0.5, 0.6) is 0 Å². The standard InChI is InChI=1S/C17H16FNO3S/c1-9-8-13(16(20)19-14(17(21)22)10-2-3-10)23-15(9)11-4-6-12(18)7-5-11/h4-8,10,14H,2-3H2,1H3,(H,19,20)(H,21,22). The summed E-state index contributed by atoms with van der Waals surface area (Å²) in [5, 5.41) is 11.8. The van der Waals surface area contributed by atoms with E-state index >= 15 is 0 Å². The number of amides is 1. The molecule has 1 aromatic carbocycles. The number of halogens is 1. The summed E-state index contributed by atoms with van der Waals surface area (Å²) < 4.78 is 13.0. The van der Waals surface area contributed by atoms with Gasteiger partial charge in [0.2, 0.25) is 0 Å². The number of carboxylic acids is 1. The fourth-order valence-electron chi connectivity index (χ4n) is 2.51. The van der Waals surface area contributed by atoms with Crippen molar-refractivity contribution in [3.63, 3.8) is 0 Å². The molecular weight excluding hydrogens is 317 g/mol. The van der Waals surface area contributed by atoms with Crippen LogP contribution in [0.4, 0.5) is 4.39 Å². The normalized spacial score (nSPS) is 15.2. The zero-order valence-electron chi connectivity index (χ0n) is 12.5. The predicted octanol–water partition coefficient (Wildman–Crippen LogP) is 3.46. The molecule has 1 unspecified atom stereocenters. The molecule has 4 nitrogen and oxygen atoms in total. The molecule has 6 heteroatoms. The number of rotatable bonds is 5. The van der Waals surface area contributed by atoms with E-state index in [1.165, 1.54) is 23.5 Å². The van der Waals surface area contributed by atoms with E-state index in [0.717, 1.165) is 28.8 Å². The van der Waals surface area contributed by atoms with E-state index in [-0.39, 0.29) is 17.6 Å². The van der Waals surface area contributed by atoms with E-state index < -0.39 is 12.0 Å². The van der Waals surface area contributed by atoms with Gasteiger partial charge < -0.3 is 10.4 Å². The van der Waals surface area contributed by atoms with Crippen LogP contribution >= 0.6 is 11.3 Å². The Morgan fingerprint density at radius 1 is 1.30 bits per heavy atom. The Labute approximate surface area is 137 Å². The molecule has 1 saturated carbocycles. The van der Waals surface area contributed by atoms with Gasteiger partial charge in [0.1, 0.15) is 11.9 Å². The minimum absolute atomic E-state index is 0.0362. The molecule has 1 amide bonds. The molecule has 2 aromatic rings. The first-order chi connectivity index (χ1) is 11.0. The molecule has 1 fully saturated rings. The summed E-state index contributed by atoms with van der Waals surface area (Å²) in [6.07, 6.45) is 1.67. The fraction of sp³-hybridized carbons (Fsp3) is 0.294. The largest absolute Gasteiger partial charge is 0.480 e. The van der Waals surface area contributed by atoms with Gasteiger partial charge >= 0.3 is 5.97 Å². The quantitative estimate of drug-likeness (QED) is 0.881. The predicted molar refractivity (Wildman–Crippen MR) is 86.1 cm³/mol. The van der Waals surface area contributed by atoms with Crippen molar-refractivity contribution in [2.45, 2.75) is 25.8 Å². The van der Waals surface area contributed by atoms with E-state index in [1.807, 2.05) is 6.92 Å². The smallest absolute Gasteiger partial charge is 0.326 e. The lowest BCUT2D eigenvalue weighted by Gasteiger charge is -2.12. The maximum atomic E-state index is 13.0. The van der Waals surface area contributed by atoms with Gasteiger partial charge in [-0.15, -0.1) is 11.3 Å². The van der Waals surface area contributed by atoms with Gasteiger partial charge in [-0.3, -0.25) is 4.79 Å². The molecule has 1 aliphatic carbocycles. The van der Waals surface area contributed by atoms with E-state index in [4.69, 9.17) is 0 Å². The van der Waals surface area contributed by atoms with Crippen molar-refractivity contribution in [3.05, 3.63) is 46.6 Å². The average molecular weight is 333 g/mol. The van der Waals surface area contributed by atoms with E-state index in [9.17, 15) is 19.1 Å². The van der Waals surface area contributed by atoms with Gasteiger partial charge in [-0.2, -0.15) is 0 Å². The monoisotopic (exact) mass is 333 g/mol. The van der Waals surface area contributed by atoms with Crippen LogP contribution in [0.3, 0.4) is 0 Å². The molecular formula is C17H16FNO3S. The summed E-state index contributed by atoms with van der Waals surface area (Å²) in [7, 11) is 0. The second kappa shape index (κ2) is 6.12. The molecule has 120 valence electrons. The molecule has 1 heterocycles. The number of aliphatic carboxylic acids is 1. The third kappa shape index (κ3) is 3.42. The van der Waals surface area contributed by atoms with Crippen molar-refractivity contribution in [1.29, 1.82) is 0 Å². The Morgan fingerprint density at radius 3 is 2.52 bits per heavy atom. The SMILES string of the molecule is Cc1cc(C(=O)NC(C(=O)O)C2CC2)sc1-c1ccc(F)cc1. The summed E-state index contributed by atoms with van der Waals surface area (Å²) in [6.45, 7) is 1.88. The number of hydrogen-bond donors (Lipinski definition) is 2.